The lowest BCUT2D eigenvalue weighted by Gasteiger charge is -2.35. The number of aromatic amines is 1. The number of amides is 15. The van der Waals surface area contributed by atoms with Crippen LogP contribution in [0.2, 0.25) is 0 Å². The zero-order chi connectivity index (χ0) is 89.2. The van der Waals surface area contributed by atoms with Crippen LogP contribution in [0.1, 0.15) is 199 Å². The number of primary amides is 1. The summed E-state index contributed by atoms with van der Waals surface area (Å²) in [7, 11) is 0. The van der Waals surface area contributed by atoms with Gasteiger partial charge in [0.05, 0.1) is 18.2 Å². The number of aromatic nitrogens is 1. The van der Waals surface area contributed by atoms with Crippen molar-refractivity contribution in [3.05, 3.63) is 48.2 Å². The van der Waals surface area contributed by atoms with Gasteiger partial charge in [-0.05, 0) is 186 Å². The van der Waals surface area contributed by atoms with E-state index in [9.17, 15) is 72.9 Å². The average Bonchev–Trinajstić information content (AvgIpc) is 1.36. The van der Waals surface area contributed by atoms with Gasteiger partial charge in [-0.15, -0.1) is 0 Å². The number of aliphatic carboxylic acids is 1. The van der Waals surface area contributed by atoms with E-state index < -0.39 is 208 Å². The van der Waals surface area contributed by atoms with Crippen LogP contribution in [0.5, 0.6) is 0 Å². The maximum absolute atomic E-state index is 15.5. The molecule has 2 unspecified atom stereocenters. The number of fused-ring (bicyclic) bond motifs is 1. The molecule has 2 aromatic rings. The van der Waals surface area contributed by atoms with Gasteiger partial charge in [-0.25, -0.2) is 0 Å². The molecule has 662 valence electrons. The first kappa shape index (κ1) is 102. The van der Waals surface area contributed by atoms with E-state index in [0.717, 1.165) is 0 Å². The Bertz CT molecular complexity index is 3800. The van der Waals surface area contributed by atoms with Crippen LogP contribution < -0.4 is 91.6 Å². The molecule has 0 radical (unpaired) electrons. The predicted octanol–water partition coefficient (Wildman–Crippen LogP) is -1.03. The highest BCUT2D eigenvalue weighted by Crippen LogP contribution is 2.24. The van der Waals surface area contributed by atoms with Gasteiger partial charge in [-0.1, -0.05) is 85.7 Å². The number of hydrogen-bond acceptors (Lipinski definition) is 21. The van der Waals surface area contributed by atoms with Gasteiger partial charge >= 0.3 is 5.97 Å². The Labute approximate surface area is 695 Å². The second-order valence-corrected chi connectivity index (χ2v) is 33.6. The fourth-order valence-electron chi connectivity index (χ4n) is 12.9. The van der Waals surface area contributed by atoms with Crippen molar-refractivity contribution in [1.82, 2.24) is 79.4 Å². The van der Waals surface area contributed by atoms with E-state index in [1.165, 1.54) is 60.2 Å². The van der Waals surface area contributed by atoms with Gasteiger partial charge < -0.3 is 112 Å². The van der Waals surface area contributed by atoms with Crippen LogP contribution >= 0.6 is 11.8 Å². The van der Waals surface area contributed by atoms with Crippen molar-refractivity contribution in [2.24, 2.45) is 40.9 Å². The van der Waals surface area contributed by atoms with Gasteiger partial charge in [0.15, 0.2) is 0 Å². The fraction of sp³-hybridized carbons (Fsp3) is 0.675. The zero-order valence-corrected chi connectivity index (χ0v) is 71.9. The molecule has 17 atom stereocenters. The number of allylic oxidation sites excluding steroid dienone is 2. The van der Waals surface area contributed by atoms with Gasteiger partial charge in [0.2, 0.25) is 88.6 Å². The van der Waals surface area contributed by atoms with Crippen molar-refractivity contribution < 1.29 is 92.0 Å². The summed E-state index contributed by atoms with van der Waals surface area (Å²) in [6.45, 7) is 22.9. The number of thioether (sulfide) groups is 1. The first-order valence-electron chi connectivity index (χ1n) is 40.5. The molecule has 0 fully saturated rings. The monoisotopic (exact) mass is 1680 g/mol. The Morgan fingerprint density at radius 1 is 0.568 bits per heavy atom. The number of carbonyl (C=O) groups is 16. The molecule has 15 amide bonds. The predicted molar refractivity (Wildman–Crippen MR) is 444 cm³/mol. The third-order valence-corrected chi connectivity index (χ3v) is 20.7. The maximum atomic E-state index is 15.5. The Kier molecular flexibility index (Phi) is 43.0. The molecule has 1 aliphatic heterocycles. The summed E-state index contributed by atoms with van der Waals surface area (Å²) in [5.74, 6) is -16.0. The number of unbranched alkanes of at least 4 members (excludes halogenated alkanes) is 1. The molecule has 3 rings (SSSR count). The number of H-pyrrole nitrogens is 1. The van der Waals surface area contributed by atoms with Gasteiger partial charge in [0.1, 0.15) is 83.6 Å². The number of hydrogen-bond donors (Lipinski definition) is 21. The minimum absolute atomic E-state index is 0.0333. The quantitative estimate of drug-likeness (QED) is 0.0280. The third kappa shape index (κ3) is 33.5. The van der Waals surface area contributed by atoms with Gasteiger partial charge in [-0.2, -0.15) is 11.8 Å². The Morgan fingerprint density at radius 3 is 1.62 bits per heavy atom. The van der Waals surface area contributed by atoms with Crippen LogP contribution in [0.15, 0.2) is 42.6 Å². The Balaban J connectivity index is 2.16. The molecule has 118 heavy (non-hydrogen) atoms. The summed E-state index contributed by atoms with van der Waals surface area (Å²) in [6.07, 6.45) is 3.77. The number of aliphatic hydroxyl groups is 2. The molecule has 1 aromatic carbocycles. The number of para-hydroxylation sites is 1. The molecular weight excluding hydrogens is 1550 g/mol. The number of carboxylic acids is 1. The smallest absolute Gasteiger partial charge is 0.325 e. The van der Waals surface area contributed by atoms with E-state index in [2.05, 4.69) is 79.4 Å². The largest absolute Gasteiger partial charge is 0.480 e. The Hall–Kier alpha value is -9.79. The summed E-state index contributed by atoms with van der Waals surface area (Å²) in [6, 6.07) is -11.2. The SMILES string of the molecule is CSCC[C@@H]1NC(=O)[C@H](Cc2c[nH]c3ccccc23)NC(=O)C(C)(NC(=O)[C@H](CCCCN)NC(=O)[C@@H](NC(=O)[C@H](C)NC(=O)[C@H](CCC(N)=O)NC(=O)[C@H](C)N)C(C)C)CCC/C=C\CCCC(C)(C(=O)N[C@H](C(=O)N[C@@H](CC(C)C)C(=O)N[C@@H](CC(C)C)C(=O)N[C@H](C(=O)N[C@@H](C)C(=O)O)C(C)C)[C@@H](C)O)NC(=O)[C@H]([C@@H](C)O)NC1=O. The summed E-state index contributed by atoms with van der Waals surface area (Å²) in [5, 5.41) is 69.7. The molecule has 0 bridgehead atoms. The lowest BCUT2D eigenvalue weighted by molar-refractivity contribution is -0.142. The second-order valence-electron chi connectivity index (χ2n) is 32.6. The first-order valence-corrected chi connectivity index (χ1v) is 41.9. The van der Waals surface area contributed by atoms with Gasteiger partial charge in [0, 0.05) is 29.9 Å². The van der Waals surface area contributed by atoms with Crippen LogP contribution in [0.4, 0.5) is 0 Å². The topological polar surface area (TPSA) is 596 Å². The molecule has 38 heteroatoms. The van der Waals surface area contributed by atoms with Crippen molar-refractivity contribution in [2.75, 3.05) is 18.6 Å². The van der Waals surface area contributed by atoms with E-state index in [4.69, 9.17) is 17.2 Å². The molecule has 37 nitrogen and oxygen atoms in total. The van der Waals surface area contributed by atoms with Crippen LogP contribution in [0.25, 0.3) is 10.9 Å². The number of aliphatic hydroxyl groups excluding tert-OH is 2. The molecule has 24 N–H and O–H groups in total. The summed E-state index contributed by atoms with van der Waals surface area (Å²) in [4.78, 5) is 228. The number of carbonyl (C=O) groups excluding carboxylic acids is 15. The zero-order valence-electron chi connectivity index (χ0n) is 71.0. The highest BCUT2D eigenvalue weighted by molar-refractivity contribution is 7.98. The molecule has 2 heterocycles. The number of carboxylic acid groups (broad SMARTS) is 1. The highest BCUT2D eigenvalue weighted by atomic mass is 32.2. The van der Waals surface area contributed by atoms with E-state index >= 15 is 19.2 Å². The minimum atomic E-state index is -2.04. The van der Waals surface area contributed by atoms with Crippen molar-refractivity contribution >= 4 is 117 Å². The van der Waals surface area contributed by atoms with Gasteiger partial charge in [0.25, 0.3) is 0 Å². The summed E-state index contributed by atoms with van der Waals surface area (Å²) in [5.41, 5.74) is 14.2. The molecule has 0 aliphatic carbocycles. The molecular formula is C80H132N18O19S. The number of benzene rings is 1. The molecule has 0 spiro atoms. The highest BCUT2D eigenvalue weighted by Gasteiger charge is 2.45. The number of rotatable bonds is 41. The summed E-state index contributed by atoms with van der Waals surface area (Å²) >= 11 is 1.30. The molecule has 1 aliphatic rings. The minimum Gasteiger partial charge on any atom is -0.480 e. The number of nitrogens with two attached hydrogens (primary N) is 3. The first-order chi connectivity index (χ1) is 55.2. The normalized spacial score (nSPS) is 21.3. The maximum Gasteiger partial charge on any atom is 0.325 e. The standard InChI is InChI=1S/C80H132N18O19S/c1-41(2)37-56(68(106)90-57(38-42(3)4)70(108)94-60(43(5)6)72(110)86-47(11)76(114)115)91-74(112)62(48(12)99)96-78(117)80(15)34-25-20-18-17-19-24-33-79(14,77(116)92-58(39-50-40-84-52-28-22-21-27-51(50)52)69(107)88-55(32-36-118-16)67(105)95-63(49(13)100)75(113)98-80)97-71(109)53(29-23-26-35-81)89-73(111)61(44(7)8)93-65(103)46(10)85-66(104)54(30-31-59(83)101)87-64(102)45(9)82/h17-18,21-22,27-28,40-49,53-58,60-63,84,99-100H,19-20,23-26,29-39,81-82H2,1-16H3,(H2,83,101)(H,85,104)(H,86,110)(H,87,102)(H,88,107)(H,89,111)(H,90,106)(H,91,112)(H,92,116)(H,93,103)(H,94,108)(H,95,105)(H,96,117)(H,97,109)(H,98,113)(H,114,115)/b18-17-/t45-,46-,47-,48+,49+,53-,54-,55-,56-,57-,58-,60-,61-,62-,63-,79?,80?/m0/s1. The van der Waals surface area contributed by atoms with Crippen LogP contribution in [-0.2, 0) is 83.1 Å². The van der Waals surface area contributed by atoms with Gasteiger partial charge in [-0.3, -0.25) is 76.7 Å². The van der Waals surface area contributed by atoms with Crippen LogP contribution in [0, 0.1) is 23.7 Å². The van der Waals surface area contributed by atoms with Crippen molar-refractivity contribution in [2.45, 2.75) is 302 Å². The Morgan fingerprint density at radius 2 is 1.08 bits per heavy atom. The number of nitrogens with one attached hydrogen (secondary N) is 15. The van der Waals surface area contributed by atoms with Crippen LogP contribution in [0.3, 0.4) is 0 Å². The third-order valence-electron chi connectivity index (χ3n) is 20.1. The van der Waals surface area contributed by atoms with Crippen molar-refractivity contribution in [3.63, 3.8) is 0 Å². The lowest BCUT2D eigenvalue weighted by atomic mass is 9.91. The second kappa shape index (κ2) is 49.6. The average molecular weight is 1680 g/mol. The molecule has 0 saturated heterocycles. The summed E-state index contributed by atoms with van der Waals surface area (Å²) < 4.78 is 0. The van der Waals surface area contributed by atoms with E-state index in [1.54, 1.807) is 104 Å². The van der Waals surface area contributed by atoms with Crippen LogP contribution in [-0.4, -0.2) is 235 Å². The van der Waals surface area contributed by atoms with Crippen molar-refractivity contribution in [1.29, 1.82) is 0 Å². The van der Waals surface area contributed by atoms with Crippen molar-refractivity contribution in [3.8, 4) is 0 Å². The van der Waals surface area contributed by atoms with E-state index in [-0.39, 0.29) is 114 Å². The van der Waals surface area contributed by atoms with E-state index in [0.29, 0.717) is 22.9 Å². The molecule has 1 aromatic heterocycles. The molecule has 0 saturated carbocycles. The lowest BCUT2D eigenvalue weighted by Crippen LogP contribution is -2.66. The van der Waals surface area contributed by atoms with E-state index in [1.807, 2.05) is 0 Å². The fourth-order valence-corrected chi connectivity index (χ4v) is 13.4.